The molecule has 0 radical (unpaired) electrons. The highest BCUT2D eigenvalue weighted by atomic mass is 19.3. The van der Waals surface area contributed by atoms with Gasteiger partial charge in [0.1, 0.15) is 6.61 Å². The lowest BCUT2D eigenvalue weighted by Gasteiger charge is -2.13. The molecule has 0 heterocycles. The van der Waals surface area contributed by atoms with E-state index in [1.807, 2.05) is 6.92 Å². The highest BCUT2D eigenvalue weighted by Crippen LogP contribution is 2.29. The quantitative estimate of drug-likeness (QED) is 0.846. The van der Waals surface area contributed by atoms with Crippen molar-refractivity contribution in [3.8, 4) is 11.5 Å². The first-order chi connectivity index (χ1) is 7.54. The molecule has 1 unspecified atom stereocenters. The van der Waals surface area contributed by atoms with Crippen LogP contribution in [-0.2, 0) is 0 Å². The van der Waals surface area contributed by atoms with E-state index in [2.05, 4.69) is 0 Å². The monoisotopic (exact) mass is 231 g/mol. The second-order valence-corrected chi connectivity index (χ2v) is 3.40. The van der Waals surface area contributed by atoms with Crippen LogP contribution in [0, 0.1) is 0 Å². The molecule has 0 amide bonds. The van der Waals surface area contributed by atoms with Crippen LogP contribution in [0.1, 0.15) is 18.5 Å². The summed E-state index contributed by atoms with van der Waals surface area (Å²) in [6.07, 6.45) is -2.50. The van der Waals surface area contributed by atoms with E-state index < -0.39 is 13.0 Å². The third kappa shape index (κ3) is 3.34. The highest BCUT2D eigenvalue weighted by Gasteiger charge is 2.10. The summed E-state index contributed by atoms with van der Waals surface area (Å²) in [7, 11) is 1.45. The Hall–Kier alpha value is -1.36. The lowest BCUT2D eigenvalue weighted by Crippen LogP contribution is -2.09. The first-order valence-corrected chi connectivity index (χ1v) is 4.89. The molecule has 90 valence electrons. The van der Waals surface area contributed by atoms with E-state index in [4.69, 9.17) is 15.2 Å². The van der Waals surface area contributed by atoms with Gasteiger partial charge in [0.15, 0.2) is 11.5 Å². The molecule has 2 N–H and O–H groups in total. The predicted molar refractivity (Wildman–Crippen MR) is 57.1 cm³/mol. The molecule has 0 fully saturated rings. The van der Waals surface area contributed by atoms with Crippen molar-refractivity contribution in [1.82, 2.24) is 0 Å². The van der Waals surface area contributed by atoms with Gasteiger partial charge in [-0.05, 0) is 24.6 Å². The summed E-state index contributed by atoms with van der Waals surface area (Å²) in [6, 6.07) is 4.86. The van der Waals surface area contributed by atoms with E-state index in [0.29, 0.717) is 11.5 Å². The van der Waals surface area contributed by atoms with E-state index in [-0.39, 0.29) is 6.04 Å². The number of hydrogen-bond acceptors (Lipinski definition) is 3. The molecule has 1 aromatic carbocycles. The number of benzene rings is 1. The summed E-state index contributed by atoms with van der Waals surface area (Å²) in [4.78, 5) is 0. The largest absolute Gasteiger partial charge is 0.493 e. The molecule has 0 aliphatic heterocycles. The molecule has 0 spiro atoms. The van der Waals surface area contributed by atoms with Crippen molar-refractivity contribution >= 4 is 0 Å². The van der Waals surface area contributed by atoms with Gasteiger partial charge in [0.05, 0.1) is 7.11 Å². The topological polar surface area (TPSA) is 44.5 Å². The number of nitrogens with two attached hydrogens (primary N) is 1. The number of methoxy groups -OCH3 is 1. The molecule has 1 aromatic rings. The third-order valence-electron chi connectivity index (χ3n) is 2.08. The molecule has 0 bridgehead atoms. The standard InChI is InChI=1S/C11H15F2NO2/c1-7(14)8-3-4-9(10(5-8)15-2)16-6-11(12)13/h3-5,7,11H,6,14H2,1-2H3. The van der Waals surface area contributed by atoms with Crippen molar-refractivity contribution in [2.45, 2.75) is 19.4 Å². The Morgan fingerprint density at radius 2 is 2.00 bits per heavy atom. The molecule has 0 aliphatic rings. The zero-order chi connectivity index (χ0) is 12.1. The van der Waals surface area contributed by atoms with Crippen LogP contribution in [0.5, 0.6) is 11.5 Å². The van der Waals surface area contributed by atoms with Gasteiger partial charge in [-0.15, -0.1) is 0 Å². The van der Waals surface area contributed by atoms with Gasteiger partial charge in [-0.2, -0.15) is 0 Å². The van der Waals surface area contributed by atoms with Crippen molar-refractivity contribution < 1.29 is 18.3 Å². The predicted octanol–water partition coefficient (Wildman–Crippen LogP) is 2.36. The number of hydrogen-bond donors (Lipinski definition) is 1. The van der Waals surface area contributed by atoms with Crippen LogP contribution in [0.25, 0.3) is 0 Å². The number of rotatable bonds is 5. The third-order valence-corrected chi connectivity index (χ3v) is 2.08. The van der Waals surface area contributed by atoms with Crippen LogP contribution in [0.15, 0.2) is 18.2 Å². The maximum absolute atomic E-state index is 12.0. The van der Waals surface area contributed by atoms with Crippen molar-refractivity contribution in [1.29, 1.82) is 0 Å². The average molecular weight is 231 g/mol. The Kier molecular flexibility index (Phi) is 4.49. The van der Waals surface area contributed by atoms with Crippen LogP contribution >= 0.6 is 0 Å². The lowest BCUT2D eigenvalue weighted by molar-refractivity contribution is 0.0804. The van der Waals surface area contributed by atoms with E-state index in [1.54, 1.807) is 18.2 Å². The Balaban J connectivity index is 2.84. The van der Waals surface area contributed by atoms with E-state index in [0.717, 1.165) is 5.56 Å². The summed E-state index contributed by atoms with van der Waals surface area (Å²) in [5.41, 5.74) is 6.56. The molecule has 16 heavy (non-hydrogen) atoms. The van der Waals surface area contributed by atoms with E-state index in [9.17, 15) is 8.78 Å². The zero-order valence-corrected chi connectivity index (χ0v) is 9.24. The number of alkyl halides is 2. The fourth-order valence-corrected chi connectivity index (χ4v) is 1.24. The van der Waals surface area contributed by atoms with Gasteiger partial charge >= 0.3 is 0 Å². The fourth-order valence-electron chi connectivity index (χ4n) is 1.24. The van der Waals surface area contributed by atoms with Gasteiger partial charge in [0.2, 0.25) is 0 Å². The minimum Gasteiger partial charge on any atom is -0.493 e. The molecule has 0 aliphatic carbocycles. The fraction of sp³-hybridized carbons (Fsp3) is 0.455. The normalized spacial score (nSPS) is 12.6. The lowest BCUT2D eigenvalue weighted by atomic mass is 10.1. The smallest absolute Gasteiger partial charge is 0.272 e. The molecule has 0 saturated heterocycles. The Labute approximate surface area is 93.2 Å². The van der Waals surface area contributed by atoms with Gasteiger partial charge in [0, 0.05) is 6.04 Å². The maximum Gasteiger partial charge on any atom is 0.272 e. The number of ether oxygens (including phenoxy) is 2. The van der Waals surface area contributed by atoms with E-state index in [1.165, 1.54) is 7.11 Å². The molecule has 1 rings (SSSR count). The minimum atomic E-state index is -2.50. The molecule has 1 atom stereocenters. The van der Waals surface area contributed by atoms with E-state index >= 15 is 0 Å². The Morgan fingerprint density at radius 3 is 2.50 bits per heavy atom. The second-order valence-electron chi connectivity index (χ2n) is 3.40. The van der Waals surface area contributed by atoms with Crippen LogP contribution < -0.4 is 15.2 Å². The first kappa shape index (κ1) is 12.7. The average Bonchev–Trinajstić information content (AvgIpc) is 2.25. The van der Waals surface area contributed by atoms with Gasteiger partial charge in [-0.3, -0.25) is 0 Å². The summed E-state index contributed by atoms with van der Waals surface area (Å²) >= 11 is 0. The van der Waals surface area contributed by atoms with Crippen molar-refractivity contribution in [2.75, 3.05) is 13.7 Å². The molecule has 5 heteroatoms. The van der Waals surface area contributed by atoms with Crippen LogP contribution in [0.2, 0.25) is 0 Å². The Morgan fingerprint density at radius 1 is 1.31 bits per heavy atom. The molecule has 3 nitrogen and oxygen atoms in total. The van der Waals surface area contributed by atoms with Crippen molar-refractivity contribution in [3.05, 3.63) is 23.8 Å². The molecular weight excluding hydrogens is 216 g/mol. The highest BCUT2D eigenvalue weighted by molar-refractivity contribution is 5.43. The van der Waals surface area contributed by atoms with Gasteiger partial charge in [0.25, 0.3) is 6.43 Å². The summed E-state index contributed by atoms with van der Waals surface area (Å²) < 4.78 is 33.9. The summed E-state index contributed by atoms with van der Waals surface area (Å²) in [5, 5.41) is 0. The zero-order valence-electron chi connectivity index (χ0n) is 9.24. The van der Waals surface area contributed by atoms with Crippen molar-refractivity contribution in [2.24, 2.45) is 5.73 Å². The molecular formula is C11H15F2NO2. The molecule has 0 saturated carbocycles. The Bertz CT molecular complexity index is 343. The van der Waals surface area contributed by atoms with Gasteiger partial charge in [-0.25, -0.2) is 8.78 Å². The summed E-state index contributed by atoms with van der Waals surface area (Å²) in [6.45, 7) is 1.18. The minimum absolute atomic E-state index is 0.141. The van der Waals surface area contributed by atoms with Gasteiger partial charge < -0.3 is 15.2 Å². The van der Waals surface area contributed by atoms with Crippen molar-refractivity contribution in [3.63, 3.8) is 0 Å². The maximum atomic E-state index is 12.0. The SMILES string of the molecule is COc1cc(C(C)N)ccc1OCC(F)F. The van der Waals surface area contributed by atoms with Crippen LogP contribution in [0.3, 0.4) is 0 Å². The first-order valence-electron chi connectivity index (χ1n) is 4.89. The molecule has 0 aromatic heterocycles. The summed E-state index contributed by atoms with van der Waals surface area (Å²) in [5.74, 6) is 0.711. The van der Waals surface area contributed by atoms with Gasteiger partial charge in [-0.1, -0.05) is 6.07 Å². The second kappa shape index (κ2) is 5.65. The van der Waals surface area contributed by atoms with Crippen LogP contribution in [0.4, 0.5) is 8.78 Å². The number of halogens is 2. The van der Waals surface area contributed by atoms with Crippen LogP contribution in [-0.4, -0.2) is 20.1 Å².